The van der Waals surface area contributed by atoms with Crippen molar-refractivity contribution < 1.29 is 5.11 Å². The number of aliphatic hydroxyl groups is 1. The topological polar surface area (TPSA) is 38.1 Å². The summed E-state index contributed by atoms with van der Waals surface area (Å²) in [5, 5.41) is 8.85. The minimum atomic E-state index is 0.173. The van der Waals surface area contributed by atoms with E-state index in [2.05, 4.69) is 43.4 Å². The van der Waals surface area contributed by atoms with Gasteiger partial charge in [-0.05, 0) is 13.8 Å². The van der Waals surface area contributed by atoms with Gasteiger partial charge in [0.25, 0.3) is 0 Å². The molecule has 0 atom stereocenters. The van der Waals surface area contributed by atoms with Gasteiger partial charge in [-0.2, -0.15) is 0 Å². The second-order valence-corrected chi connectivity index (χ2v) is 4.22. The van der Waals surface area contributed by atoms with Crippen molar-refractivity contribution in [2.75, 3.05) is 6.61 Å². The fourth-order valence-corrected chi connectivity index (χ4v) is 1.54. The predicted octanol–water partition coefficient (Wildman–Crippen LogP) is 2.12. The Morgan fingerprint density at radius 2 is 2.00 bits per heavy atom. The lowest BCUT2D eigenvalue weighted by atomic mass is 10.2. The van der Waals surface area contributed by atoms with Gasteiger partial charge in [0.2, 0.25) is 0 Å². The Kier molecular flexibility index (Phi) is 3.69. The van der Waals surface area contributed by atoms with Crippen molar-refractivity contribution in [3.8, 4) is 0 Å². The van der Waals surface area contributed by atoms with Gasteiger partial charge in [0.1, 0.15) is 5.82 Å². The van der Waals surface area contributed by atoms with Crippen LogP contribution in [-0.4, -0.2) is 21.3 Å². The molecule has 0 aromatic carbocycles. The molecule has 3 nitrogen and oxygen atoms in total. The van der Waals surface area contributed by atoms with Crippen LogP contribution in [0.3, 0.4) is 0 Å². The van der Waals surface area contributed by atoms with Crippen LogP contribution < -0.4 is 0 Å². The number of nitrogens with zero attached hydrogens (tertiary/aromatic N) is 2. The summed E-state index contributed by atoms with van der Waals surface area (Å²) in [5.74, 6) is 1.55. The largest absolute Gasteiger partial charge is 0.396 e. The Labute approximate surface area is 85.8 Å². The summed E-state index contributed by atoms with van der Waals surface area (Å²) in [6.07, 6.45) is 2.70. The molecule has 1 N–H and O–H groups in total. The molecule has 1 heterocycles. The Morgan fingerprint density at radius 3 is 2.36 bits per heavy atom. The summed E-state index contributed by atoms with van der Waals surface area (Å²) >= 11 is 0. The number of hydrogen-bond donors (Lipinski definition) is 1. The third-order valence-corrected chi connectivity index (χ3v) is 2.25. The van der Waals surface area contributed by atoms with Gasteiger partial charge in [0.05, 0.1) is 5.69 Å². The van der Waals surface area contributed by atoms with E-state index in [0.29, 0.717) is 18.4 Å². The molecular weight excluding hydrogens is 176 g/mol. The molecule has 3 heteroatoms. The summed E-state index contributed by atoms with van der Waals surface area (Å²) in [6.45, 7) is 8.76. The van der Waals surface area contributed by atoms with Crippen LogP contribution in [0, 0.1) is 0 Å². The van der Waals surface area contributed by atoms with E-state index in [9.17, 15) is 0 Å². The third kappa shape index (κ3) is 2.35. The third-order valence-electron chi connectivity index (χ3n) is 2.25. The summed E-state index contributed by atoms with van der Waals surface area (Å²) in [5.41, 5.74) is 0.991. The van der Waals surface area contributed by atoms with E-state index in [0.717, 1.165) is 11.5 Å². The Morgan fingerprint density at radius 1 is 1.36 bits per heavy atom. The van der Waals surface area contributed by atoms with Crippen molar-refractivity contribution in [1.82, 2.24) is 9.55 Å². The molecule has 0 amide bonds. The molecule has 1 aromatic heterocycles. The lowest BCUT2D eigenvalue weighted by Gasteiger charge is -2.13. The minimum absolute atomic E-state index is 0.173. The standard InChI is InChI=1S/C11H20N2O/c1-8(2)11-12-10(5-6-14)7-13(11)9(3)4/h7-9,14H,5-6H2,1-4H3. The van der Waals surface area contributed by atoms with E-state index >= 15 is 0 Å². The number of hydrogen-bond acceptors (Lipinski definition) is 2. The van der Waals surface area contributed by atoms with Gasteiger partial charge >= 0.3 is 0 Å². The summed E-state index contributed by atoms with van der Waals surface area (Å²) in [6, 6.07) is 0.437. The summed E-state index contributed by atoms with van der Waals surface area (Å²) < 4.78 is 2.19. The van der Waals surface area contributed by atoms with Gasteiger partial charge < -0.3 is 9.67 Å². The molecule has 0 radical (unpaired) electrons. The second-order valence-electron chi connectivity index (χ2n) is 4.22. The SMILES string of the molecule is CC(C)c1nc(CCO)cn1C(C)C. The molecule has 0 saturated carbocycles. The van der Waals surface area contributed by atoms with Gasteiger partial charge in [-0.25, -0.2) is 4.98 Å². The number of imidazole rings is 1. The molecule has 0 bridgehead atoms. The van der Waals surface area contributed by atoms with Gasteiger partial charge in [0, 0.05) is 31.2 Å². The van der Waals surface area contributed by atoms with Crippen molar-refractivity contribution in [3.63, 3.8) is 0 Å². The molecular formula is C11H20N2O. The van der Waals surface area contributed by atoms with Crippen LogP contribution in [0.4, 0.5) is 0 Å². The van der Waals surface area contributed by atoms with Crippen LogP contribution >= 0.6 is 0 Å². The number of aromatic nitrogens is 2. The monoisotopic (exact) mass is 196 g/mol. The van der Waals surface area contributed by atoms with Crippen LogP contribution in [0.5, 0.6) is 0 Å². The zero-order chi connectivity index (χ0) is 10.7. The fourth-order valence-electron chi connectivity index (χ4n) is 1.54. The molecule has 1 aromatic rings. The van der Waals surface area contributed by atoms with E-state index in [1.807, 2.05) is 0 Å². The maximum Gasteiger partial charge on any atom is 0.111 e. The molecule has 0 saturated heterocycles. The highest BCUT2D eigenvalue weighted by Crippen LogP contribution is 2.18. The van der Waals surface area contributed by atoms with Crippen LogP contribution in [-0.2, 0) is 6.42 Å². The lowest BCUT2D eigenvalue weighted by Crippen LogP contribution is -2.06. The first-order valence-electron chi connectivity index (χ1n) is 5.24. The van der Waals surface area contributed by atoms with Crippen molar-refractivity contribution in [2.45, 2.75) is 46.1 Å². The molecule has 80 valence electrons. The minimum Gasteiger partial charge on any atom is -0.396 e. The number of rotatable bonds is 4. The maximum absolute atomic E-state index is 8.85. The first-order valence-corrected chi connectivity index (χ1v) is 5.24. The average molecular weight is 196 g/mol. The van der Waals surface area contributed by atoms with E-state index in [1.165, 1.54) is 0 Å². The fraction of sp³-hybridized carbons (Fsp3) is 0.727. The highest BCUT2D eigenvalue weighted by molar-refractivity contribution is 5.08. The molecule has 0 aliphatic carbocycles. The zero-order valence-electron chi connectivity index (χ0n) is 9.49. The van der Waals surface area contributed by atoms with E-state index in [-0.39, 0.29) is 6.61 Å². The van der Waals surface area contributed by atoms with Crippen molar-refractivity contribution in [1.29, 1.82) is 0 Å². The first kappa shape index (κ1) is 11.2. The molecule has 0 unspecified atom stereocenters. The van der Waals surface area contributed by atoms with E-state index in [4.69, 9.17) is 5.11 Å². The average Bonchev–Trinajstić information content (AvgIpc) is 2.49. The normalized spacial score (nSPS) is 11.6. The molecule has 14 heavy (non-hydrogen) atoms. The Balaban J connectivity index is 3.00. The smallest absolute Gasteiger partial charge is 0.111 e. The highest BCUT2D eigenvalue weighted by atomic mass is 16.3. The Bertz CT molecular complexity index is 264. The summed E-state index contributed by atoms with van der Waals surface area (Å²) in [4.78, 5) is 4.52. The van der Waals surface area contributed by atoms with Gasteiger partial charge in [0.15, 0.2) is 0 Å². The Hall–Kier alpha value is -0.830. The molecule has 1 rings (SSSR count). The van der Waals surface area contributed by atoms with Crippen molar-refractivity contribution in [2.24, 2.45) is 0 Å². The maximum atomic E-state index is 8.85. The van der Waals surface area contributed by atoms with E-state index < -0.39 is 0 Å². The van der Waals surface area contributed by atoms with Crippen molar-refractivity contribution >= 4 is 0 Å². The summed E-state index contributed by atoms with van der Waals surface area (Å²) in [7, 11) is 0. The van der Waals surface area contributed by atoms with Crippen LogP contribution in [0.1, 0.15) is 51.2 Å². The molecule has 0 aliphatic heterocycles. The molecule has 0 fully saturated rings. The molecule has 0 aliphatic rings. The highest BCUT2D eigenvalue weighted by Gasteiger charge is 2.12. The lowest BCUT2D eigenvalue weighted by molar-refractivity contribution is 0.298. The van der Waals surface area contributed by atoms with Crippen LogP contribution in [0.25, 0.3) is 0 Å². The first-order chi connectivity index (χ1) is 6.56. The molecule has 0 spiro atoms. The van der Waals surface area contributed by atoms with Gasteiger partial charge in [-0.15, -0.1) is 0 Å². The quantitative estimate of drug-likeness (QED) is 0.801. The van der Waals surface area contributed by atoms with E-state index in [1.54, 1.807) is 0 Å². The number of aliphatic hydroxyl groups excluding tert-OH is 1. The van der Waals surface area contributed by atoms with Crippen LogP contribution in [0.15, 0.2) is 6.20 Å². The zero-order valence-corrected chi connectivity index (χ0v) is 9.49. The van der Waals surface area contributed by atoms with Gasteiger partial charge in [-0.3, -0.25) is 0 Å². The van der Waals surface area contributed by atoms with Gasteiger partial charge in [-0.1, -0.05) is 13.8 Å². The van der Waals surface area contributed by atoms with Crippen molar-refractivity contribution in [3.05, 3.63) is 17.7 Å². The second kappa shape index (κ2) is 4.60. The predicted molar refractivity (Wildman–Crippen MR) is 57.5 cm³/mol. The van der Waals surface area contributed by atoms with Crippen LogP contribution in [0.2, 0.25) is 0 Å².